The highest BCUT2D eigenvalue weighted by molar-refractivity contribution is 5.50. The van der Waals surface area contributed by atoms with Crippen LogP contribution in [-0.4, -0.2) is 12.2 Å². The van der Waals surface area contributed by atoms with Gasteiger partial charge in [-0.25, -0.2) is 0 Å². The number of methoxy groups -OCH3 is 1. The van der Waals surface area contributed by atoms with Crippen LogP contribution in [0.15, 0.2) is 48.5 Å². The fourth-order valence-electron chi connectivity index (χ4n) is 1.95. The third-order valence-corrected chi connectivity index (χ3v) is 3.11. The topological polar surface area (TPSA) is 29.5 Å². The van der Waals surface area contributed by atoms with Gasteiger partial charge < -0.3 is 9.84 Å². The largest absolute Gasteiger partial charge is 0.495 e. The molecule has 2 nitrogen and oxygen atoms in total. The lowest BCUT2D eigenvalue weighted by Gasteiger charge is -2.07. The number of benzene rings is 2. The number of ether oxygens (including phenoxy) is 1. The first-order chi connectivity index (χ1) is 9.74. The second-order valence-electron chi connectivity index (χ2n) is 4.50. The van der Waals surface area contributed by atoms with E-state index >= 15 is 0 Å². The Balaban J connectivity index is 2.29. The van der Waals surface area contributed by atoms with E-state index < -0.39 is 6.10 Å². The van der Waals surface area contributed by atoms with Crippen molar-refractivity contribution in [1.29, 1.82) is 0 Å². The van der Waals surface area contributed by atoms with Crippen LogP contribution in [0.4, 0.5) is 0 Å². The molecule has 102 valence electrons. The van der Waals surface area contributed by atoms with Gasteiger partial charge in [0.1, 0.15) is 5.75 Å². The second kappa shape index (κ2) is 6.79. The molecule has 20 heavy (non-hydrogen) atoms. The summed E-state index contributed by atoms with van der Waals surface area (Å²) in [5, 5.41) is 9.85. The zero-order valence-electron chi connectivity index (χ0n) is 11.8. The van der Waals surface area contributed by atoms with Crippen LogP contribution >= 0.6 is 0 Å². The lowest BCUT2D eigenvalue weighted by molar-refractivity contribution is 0.173. The predicted molar refractivity (Wildman–Crippen MR) is 80.7 cm³/mol. The molecular formula is C18H18O2. The summed E-state index contributed by atoms with van der Waals surface area (Å²) in [7, 11) is 1.64. The van der Waals surface area contributed by atoms with Crippen LogP contribution < -0.4 is 4.74 Å². The van der Waals surface area contributed by atoms with Crippen molar-refractivity contribution in [2.75, 3.05) is 7.11 Å². The zero-order chi connectivity index (χ0) is 14.4. The molecule has 0 amide bonds. The summed E-state index contributed by atoms with van der Waals surface area (Å²) in [5.74, 6) is 6.99. The maximum Gasteiger partial charge on any atom is 0.134 e. The summed E-state index contributed by atoms with van der Waals surface area (Å²) in [6, 6.07) is 15.4. The van der Waals surface area contributed by atoms with E-state index in [1.807, 2.05) is 55.5 Å². The predicted octanol–water partition coefficient (Wildman–Crippen LogP) is 3.54. The lowest BCUT2D eigenvalue weighted by Crippen LogP contribution is -1.95. The average Bonchev–Trinajstić information content (AvgIpc) is 2.52. The first-order valence-electron chi connectivity index (χ1n) is 6.67. The minimum atomic E-state index is -0.428. The molecule has 0 fully saturated rings. The highest BCUT2D eigenvalue weighted by atomic mass is 16.5. The Hall–Kier alpha value is -2.24. The first kappa shape index (κ1) is 14.2. The van der Waals surface area contributed by atoms with Crippen LogP contribution in [-0.2, 0) is 0 Å². The van der Waals surface area contributed by atoms with Crippen molar-refractivity contribution >= 4 is 0 Å². The van der Waals surface area contributed by atoms with Crippen molar-refractivity contribution in [3.05, 3.63) is 65.2 Å². The van der Waals surface area contributed by atoms with Gasteiger partial charge >= 0.3 is 0 Å². The van der Waals surface area contributed by atoms with E-state index in [2.05, 4.69) is 11.8 Å². The minimum absolute atomic E-state index is 0.428. The van der Waals surface area contributed by atoms with Crippen molar-refractivity contribution in [1.82, 2.24) is 0 Å². The Morgan fingerprint density at radius 2 is 1.90 bits per heavy atom. The van der Waals surface area contributed by atoms with Crippen molar-refractivity contribution in [3.63, 3.8) is 0 Å². The number of hydrogen-bond acceptors (Lipinski definition) is 2. The highest BCUT2D eigenvalue weighted by Gasteiger charge is 2.04. The molecular weight excluding hydrogens is 248 g/mol. The van der Waals surface area contributed by atoms with Gasteiger partial charge in [0.15, 0.2) is 0 Å². The number of aliphatic hydroxyl groups is 1. The molecule has 0 saturated heterocycles. The maximum atomic E-state index is 9.85. The van der Waals surface area contributed by atoms with Crippen LogP contribution in [0.25, 0.3) is 0 Å². The Bertz CT molecular complexity index is 635. The monoisotopic (exact) mass is 266 g/mol. The molecule has 0 aliphatic rings. The van der Waals surface area contributed by atoms with Gasteiger partial charge in [-0.05, 0) is 36.2 Å². The van der Waals surface area contributed by atoms with E-state index in [0.717, 1.165) is 22.4 Å². The highest BCUT2D eigenvalue weighted by Crippen LogP contribution is 2.18. The number of para-hydroxylation sites is 1. The standard InChI is InChI=1S/C18H18O2/c1-3-17(19)16-9-6-7-14(13-16)11-12-15-8-4-5-10-18(15)20-2/h4-10,13,17,19H,3H2,1-2H3. The maximum absolute atomic E-state index is 9.85. The van der Waals surface area contributed by atoms with Crippen molar-refractivity contribution in [2.45, 2.75) is 19.4 Å². The van der Waals surface area contributed by atoms with Crippen LogP contribution in [0.3, 0.4) is 0 Å². The molecule has 0 aliphatic carbocycles. The van der Waals surface area contributed by atoms with Crippen molar-refractivity contribution < 1.29 is 9.84 Å². The lowest BCUT2D eigenvalue weighted by atomic mass is 10.0. The molecule has 2 aromatic carbocycles. The van der Waals surface area contributed by atoms with Gasteiger partial charge in [0.25, 0.3) is 0 Å². The van der Waals surface area contributed by atoms with E-state index in [0.29, 0.717) is 6.42 Å². The summed E-state index contributed by atoms with van der Waals surface area (Å²) in [4.78, 5) is 0. The molecule has 0 bridgehead atoms. The van der Waals surface area contributed by atoms with Gasteiger partial charge in [0, 0.05) is 5.56 Å². The summed E-state index contributed by atoms with van der Waals surface area (Å²) < 4.78 is 5.27. The Morgan fingerprint density at radius 3 is 2.65 bits per heavy atom. The van der Waals surface area contributed by atoms with E-state index in [4.69, 9.17) is 4.74 Å². The van der Waals surface area contributed by atoms with Gasteiger partial charge in [-0.1, -0.05) is 43.0 Å². The molecule has 1 unspecified atom stereocenters. The fourth-order valence-corrected chi connectivity index (χ4v) is 1.95. The Labute approximate surface area is 120 Å². The normalized spacial score (nSPS) is 11.3. The first-order valence-corrected chi connectivity index (χ1v) is 6.67. The fraction of sp³-hybridized carbons (Fsp3) is 0.222. The SMILES string of the molecule is CCC(O)c1cccc(C#Cc2ccccc2OC)c1. The molecule has 2 aromatic rings. The second-order valence-corrected chi connectivity index (χ2v) is 4.50. The molecule has 0 aliphatic heterocycles. The average molecular weight is 266 g/mol. The van der Waals surface area contributed by atoms with Gasteiger partial charge in [-0.15, -0.1) is 0 Å². The van der Waals surface area contributed by atoms with Crippen LogP contribution in [0.1, 0.15) is 36.1 Å². The zero-order valence-corrected chi connectivity index (χ0v) is 11.8. The van der Waals surface area contributed by atoms with E-state index in [9.17, 15) is 5.11 Å². The summed E-state index contributed by atoms with van der Waals surface area (Å²) in [6.45, 7) is 1.96. The van der Waals surface area contributed by atoms with Crippen molar-refractivity contribution in [3.8, 4) is 17.6 Å². The summed E-state index contributed by atoms with van der Waals surface area (Å²) >= 11 is 0. The number of rotatable bonds is 3. The molecule has 0 spiro atoms. The minimum Gasteiger partial charge on any atom is -0.495 e. The molecule has 0 aromatic heterocycles. The molecule has 0 saturated carbocycles. The van der Waals surface area contributed by atoms with Gasteiger partial charge in [0.05, 0.1) is 18.8 Å². The Morgan fingerprint density at radius 1 is 1.10 bits per heavy atom. The molecule has 2 heteroatoms. The molecule has 0 radical (unpaired) electrons. The molecule has 0 heterocycles. The van der Waals surface area contributed by atoms with Crippen LogP contribution in [0, 0.1) is 11.8 Å². The van der Waals surface area contributed by atoms with E-state index in [1.165, 1.54) is 0 Å². The van der Waals surface area contributed by atoms with Crippen LogP contribution in [0.2, 0.25) is 0 Å². The molecule has 1 N–H and O–H groups in total. The smallest absolute Gasteiger partial charge is 0.134 e. The molecule has 2 rings (SSSR count). The third-order valence-electron chi connectivity index (χ3n) is 3.11. The van der Waals surface area contributed by atoms with Gasteiger partial charge in [-0.3, -0.25) is 0 Å². The van der Waals surface area contributed by atoms with Crippen molar-refractivity contribution in [2.24, 2.45) is 0 Å². The quantitative estimate of drug-likeness (QED) is 0.861. The van der Waals surface area contributed by atoms with E-state index in [1.54, 1.807) is 7.11 Å². The Kier molecular flexibility index (Phi) is 4.81. The summed E-state index contributed by atoms with van der Waals surface area (Å²) in [5.41, 5.74) is 2.65. The van der Waals surface area contributed by atoms with Crippen LogP contribution in [0.5, 0.6) is 5.75 Å². The van der Waals surface area contributed by atoms with Gasteiger partial charge in [-0.2, -0.15) is 0 Å². The van der Waals surface area contributed by atoms with Gasteiger partial charge in [0.2, 0.25) is 0 Å². The summed E-state index contributed by atoms with van der Waals surface area (Å²) in [6.07, 6.45) is 0.270. The van der Waals surface area contributed by atoms with E-state index in [-0.39, 0.29) is 0 Å². The molecule has 1 atom stereocenters. The third kappa shape index (κ3) is 3.40. The number of hydrogen-bond donors (Lipinski definition) is 1. The number of aliphatic hydroxyl groups excluding tert-OH is 1.